The summed E-state index contributed by atoms with van der Waals surface area (Å²) < 4.78 is 0.866. The quantitative estimate of drug-likeness (QED) is 0.936. The van der Waals surface area contributed by atoms with Crippen LogP contribution < -0.4 is 0 Å². The average Bonchev–Trinajstić information content (AvgIpc) is 2.29. The molecule has 1 aromatic carbocycles. The van der Waals surface area contributed by atoms with Crippen molar-refractivity contribution in [2.24, 2.45) is 0 Å². The van der Waals surface area contributed by atoms with E-state index >= 15 is 0 Å². The molecule has 0 aliphatic rings. The summed E-state index contributed by atoms with van der Waals surface area (Å²) in [6.45, 7) is 0. The van der Waals surface area contributed by atoms with E-state index in [0.29, 0.717) is 11.4 Å². The molecule has 4 heteroatoms. The van der Waals surface area contributed by atoms with Gasteiger partial charge in [-0.15, -0.1) is 0 Å². The van der Waals surface area contributed by atoms with Gasteiger partial charge in [0.15, 0.2) is 0 Å². The summed E-state index contributed by atoms with van der Waals surface area (Å²) >= 11 is 9.30. The first-order valence-corrected chi connectivity index (χ1v) is 6.35. The maximum atomic E-state index is 10.1. The Morgan fingerprint density at radius 3 is 2.82 bits per heavy atom. The van der Waals surface area contributed by atoms with Gasteiger partial charge in [-0.2, -0.15) is 0 Å². The van der Waals surface area contributed by atoms with Gasteiger partial charge in [0.2, 0.25) is 0 Å². The number of halogens is 2. The molecule has 0 aliphatic heterocycles. The Morgan fingerprint density at radius 2 is 2.18 bits per heavy atom. The number of rotatable bonds is 3. The van der Waals surface area contributed by atoms with Crippen LogP contribution in [0.3, 0.4) is 0 Å². The number of hydrogen-bond acceptors (Lipinski definition) is 2. The summed E-state index contributed by atoms with van der Waals surface area (Å²) in [5, 5.41) is 10.7. The minimum atomic E-state index is -0.575. The molecule has 17 heavy (non-hydrogen) atoms. The van der Waals surface area contributed by atoms with Gasteiger partial charge in [-0.3, -0.25) is 4.98 Å². The lowest BCUT2D eigenvalue weighted by molar-refractivity contribution is 0.178. The van der Waals surface area contributed by atoms with E-state index in [4.69, 9.17) is 11.6 Å². The molecule has 1 atom stereocenters. The van der Waals surface area contributed by atoms with Gasteiger partial charge in [0.25, 0.3) is 0 Å². The van der Waals surface area contributed by atoms with Crippen molar-refractivity contribution in [2.45, 2.75) is 12.5 Å². The van der Waals surface area contributed by atoms with Gasteiger partial charge >= 0.3 is 0 Å². The fourth-order valence-corrected chi connectivity index (χ4v) is 2.51. The predicted octanol–water partition coefficient (Wildman–Crippen LogP) is 3.77. The van der Waals surface area contributed by atoms with Crippen molar-refractivity contribution in [1.29, 1.82) is 0 Å². The molecule has 0 bridgehead atoms. The molecule has 0 spiro atoms. The van der Waals surface area contributed by atoms with Crippen LogP contribution in [0.4, 0.5) is 0 Å². The lowest BCUT2D eigenvalue weighted by Gasteiger charge is -2.11. The molecule has 2 aromatic rings. The normalized spacial score (nSPS) is 12.4. The highest BCUT2D eigenvalue weighted by atomic mass is 79.9. The van der Waals surface area contributed by atoms with Gasteiger partial charge in [-0.05, 0) is 35.4 Å². The van der Waals surface area contributed by atoms with E-state index in [0.717, 1.165) is 15.6 Å². The molecule has 2 nitrogen and oxygen atoms in total. The molecule has 88 valence electrons. The first-order chi connectivity index (χ1) is 8.15. The van der Waals surface area contributed by atoms with Crippen LogP contribution in [0.1, 0.15) is 17.2 Å². The van der Waals surface area contributed by atoms with Crippen molar-refractivity contribution in [1.82, 2.24) is 4.98 Å². The Kier molecular flexibility index (Phi) is 4.15. The van der Waals surface area contributed by atoms with Crippen molar-refractivity contribution in [3.63, 3.8) is 0 Å². The molecule has 1 heterocycles. The van der Waals surface area contributed by atoms with Gasteiger partial charge in [-0.1, -0.05) is 33.6 Å². The Bertz CT molecular complexity index is 484. The van der Waals surface area contributed by atoms with E-state index in [1.54, 1.807) is 24.5 Å². The van der Waals surface area contributed by atoms with E-state index in [1.165, 1.54) is 0 Å². The smallest absolute Gasteiger partial charge is 0.0831 e. The minimum absolute atomic E-state index is 0.528. The first kappa shape index (κ1) is 12.6. The second-order valence-electron chi connectivity index (χ2n) is 3.78. The highest BCUT2D eigenvalue weighted by Gasteiger charge is 2.10. The van der Waals surface area contributed by atoms with E-state index in [9.17, 15) is 5.11 Å². The van der Waals surface area contributed by atoms with Crippen LogP contribution in [-0.2, 0) is 6.42 Å². The van der Waals surface area contributed by atoms with Gasteiger partial charge in [0.1, 0.15) is 0 Å². The predicted molar refractivity (Wildman–Crippen MR) is 72.1 cm³/mol. The summed E-state index contributed by atoms with van der Waals surface area (Å²) in [5.74, 6) is 0. The average molecular weight is 313 g/mol. The molecule has 1 N–H and O–H groups in total. The maximum absolute atomic E-state index is 10.1. The van der Waals surface area contributed by atoms with Crippen LogP contribution in [0.2, 0.25) is 5.02 Å². The second-order valence-corrected chi connectivity index (χ2v) is 5.14. The van der Waals surface area contributed by atoms with Gasteiger partial charge < -0.3 is 5.11 Å². The summed E-state index contributed by atoms with van der Waals surface area (Å²) in [7, 11) is 0. The molecule has 2 rings (SSSR count). The van der Waals surface area contributed by atoms with E-state index in [-0.39, 0.29) is 0 Å². The monoisotopic (exact) mass is 311 g/mol. The van der Waals surface area contributed by atoms with Gasteiger partial charge in [0, 0.05) is 28.3 Å². The van der Waals surface area contributed by atoms with Crippen LogP contribution in [0.5, 0.6) is 0 Å². The number of aromatic nitrogens is 1. The van der Waals surface area contributed by atoms with Crippen LogP contribution in [0.25, 0.3) is 0 Å². The zero-order valence-electron chi connectivity index (χ0n) is 8.98. The Labute approximate surface area is 113 Å². The third-order valence-electron chi connectivity index (χ3n) is 2.42. The second kappa shape index (κ2) is 5.63. The molecular weight excluding hydrogens is 302 g/mol. The topological polar surface area (TPSA) is 33.1 Å². The van der Waals surface area contributed by atoms with Crippen molar-refractivity contribution < 1.29 is 5.11 Å². The van der Waals surface area contributed by atoms with E-state index < -0.39 is 6.10 Å². The van der Waals surface area contributed by atoms with E-state index in [1.807, 2.05) is 18.2 Å². The van der Waals surface area contributed by atoms with E-state index in [2.05, 4.69) is 20.9 Å². The van der Waals surface area contributed by atoms with Crippen molar-refractivity contribution in [2.75, 3.05) is 0 Å². The number of aliphatic hydroxyl groups is 1. The van der Waals surface area contributed by atoms with Crippen LogP contribution >= 0.6 is 27.5 Å². The number of aliphatic hydroxyl groups excluding tert-OH is 1. The molecule has 0 aliphatic carbocycles. The fourth-order valence-electron chi connectivity index (χ4n) is 1.63. The summed E-state index contributed by atoms with van der Waals surface area (Å²) in [6, 6.07) is 9.23. The fraction of sp³-hybridized carbons (Fsp3) is 0.154. The molecule has 0 fully saturated rings. The molecule has 0 saturated carbocycles. The lowest BCUT2D eigenvalue weighted by atomic mass is 10.0. The largest absolute Gasteiger partial charge is 0.388 e. The number of pyridine rings is 1. The summed E-state index contributed by atoms with van der Waals surface area (Å²) in [4.78, 5) is 4.02. The molecular formula is C13H11BrClNO. The van der Waals surface area contributed by atoms with Crippen molar-refractivity contribution >= 4 is 27.5 Å². The lowest BCUT2D eigenvalue weighted by Crippen LogP contribution is -2.02. The molecule has 1 unspecified atom stereocenters. The third-order valence-corrected chi connectivity index (χ3v) is 3.10. The molecule has 0 amide bonds. The number of benzene rings is 1. The van der Waals surface area contributed by atoms with Crippen LogP contribution in [-0.4, -0.2) is 10.1 Å². The van der Waals surface area contributed by atoms with Crippen molar-refractivity contribution in [3.05, 3.63) is 63.3 Å². The van der Waals surface area contributed by atoms with Crippen LogP contribution in [0, 0.1) is 0 Å². The maximum Gasteiger partial charge on any atom is 0.0831 e. The highest BCUT2D eigenvalue weighted by molar-refractivity contribution is 9.10. The van der Waals surface area contributed by atoms with Crippen molar-refractivity contribution in [3.8, 4) is 0 Å². The Hall–Kier alpha value is -0.900. The zero-order valence-corrected chi connectivity index (χ0v) is 11.3. The third kappa shape index (κ3) is 3.53. The highest BCUT2D eigenvalue weighted by Crippen LogP contribution is 2.25. The minimum Gasteiger partial charge on any atom is -0.388 e. The first-order valence-electron chi connectivity index (χ1n) is 5.18. The number of nitrogens with zero attached hydrogens (tertiary/aromatic N) is 1. The standard InChI is InChI=1S/C13H11BrClNO/c14-11-5-10(6-12(15)7-11)13(17)4-9-2-1-3-16-8-9/h1-3,5-8,13,17H,4H2. The van der Waals surface area contributed by atoms with Gasteiger partial charge in [0.05, 0.1) is 6.10 Å². The molecule has 0 saturated heterocycles. The zero-order chi connectivity index (χ0) is 12.3. The SMILES string of the molecule is OC(Cc1cccnc1)c1cc(Cl)cc(Br)c1. The van der Waals surface area contributed by atoms with Gasteiger partial charge in [-0.25, -0.2) is 0 Å². The van der Waals surface area contributed by atoms with Crippen LogP contribution in [0.15, 0.2) is 47.2 Å². The summed E-state index contributed by atoms with van der Waals surface area (Å²) in [6.07, 6.45) is 3.42. The molecule has 1 aromatic heterocycles. The summed E-state index contributed by atoms with van der Waals surface area (Å²) in [5.41, 5.74) is 1.80. The Morgan fingerprint density at radius 1 is 1.35 bits per heavy atom. The number of hydrogen-bond donors (Lipinski definition) is 1. The molecule has 0 radical (unpaired) electrons. The Balaban J connectivity index is 2.17.